The first-order valence-corrected chi connectivity index (χ1v) is 11.3. The lowest BCUT2D eigenvalue weighted by atomic mass is 10.1. The van der Waals surface area contributed by atoms with Crippen LogP contribution in [-0.4, -0.2) is 21.7 Å². The van der Waals surface area contributed by atoms with Gasteiger partial charge in [0.15, 0.2) is 11.5 Å². The summed E-state index contributed by atoms with van der Waals surface area (Å²) in [6, 6.07) is 17.5. The topological polar surface area (TPSA) is 65.0 Å². The first-order chi connectivity index (χ1) is 13.8. The zero-order valence-electron chi connectivity index (χ0n) is 16.2. The van der Waals surface area contributed by atoms with Crippen LogP contribution in [0.4, 0.5) is 5.69 Å². The Morgan fingerprint density at radius 3 is 2.41 bits per heavy atom. The van der Waals surface area contributed by atoms with Gasteiger partial charge in [-0.05, 0) is 83.5 Å². The maximum Gasteiger partial charge on any atom is 0.339 e. The number of aliphatic imine (C=N–C) groups is 1. The van der Waals surface area contributed by atoms with Crippen LogP contribution in [0.5, 0.6) is 11.5 Å². The van der Waals surface area contributed by atoms with Gasteiger partial charge in [-0.3, -0.25) is 4.99 Å². The van der Waals surface area contributed by atoms with E-state index in [0.29, 0.717) is 9.32 Å². The Labute approximate surface area is 184 Å². The van der Waals surface area contributed by atoms with E-state index in [1.165, 1.54) is 24.8 Å². The van der Waals surface area contributed by atoms with E-state index in [2.05, 4.69) is 4.99 Å². The van der Waals surface area contributed by atoms with Crippen molar-refractivity contribution < 1.29 is 17.3 Å². The highest BCUT2D eigenvalue weighted by Gasteiger charge is 2.21. The standard InChI is InChI=1S/C22H20INO4S/c1-15-8-7-11-20(16(15)2)24-14-17-12-19(23)22(21(13-17)27-3)28-29(25,26)18-9-5-4-6-10-18/h4-14H,1-3H3. The average Bonchev–Trinajstić information content (AvgIpc) is 2.71. The van der Waals surface area contributed by atoms with Crippen molar-refractivity contribution in [3.63, 3.8) is 0 Å². The number of benzene rings is 3. The van der Waals surface area contributed by atoms with Gasteiger partial charge < -0.3 is 8.92 Å². The fourth-order valence-electron chi connectivity index (χ4n) is 2.66. The number of halogens is 1. The molecule has 0 heterocycles. The van der Waals surface area contributed by atoms with Gasteiger partial charge in [-0.25, -0.2) is 0 Å². The predicted molar refractivity (Wildman–Crippen MR) is 123 cm³/mol. The van der Waals surface area contributed by atoms with Crippen molar-refractivity contribution in [2.75, 3.05) is 7.11 Å². The van der Waals surface area contributed by atoms with Crippen LogP contribution < -0.4 is 8.92 Å². The second-order valence-corrected chi connectivity index (χ2v) is 9.07. The lowest BCUT2D eigenvalue weighted by Crippen LogP contribution is -2.11. The first-order valence-electron chi connectivity index (χ1n) is 8.79. The number of hydrogen-bond donors (Lipinski definition) is 0. The molecule has 0 fully saturated rings. The van der Waals surface area contributed by atoms with Crippen LogP contribution in [0.15, 0.2) is 70.6 Å². The lowest BCUT2D eigenvalue weighted by molar-refractivity contribution is 0.389. The van der Waals surface area contributed by atoms with Gasteiger partial charge in [0, 0.05) is 6.21 Å². The van der Waals surface area contributed by atoms with E-state index in [-0.39, 0.29) is 10.6 Å². The van der Waals surface area contributed by atoms with Gasteiger partial charge >= 0.3 is 10.1 Å². The predicted octanol–water partition coefficient (Wildman–Crippen LogP) is 5.43. The van der Waals surface area contributed by atoms with Gasteiger partial charge in [-0.2, -0.15) is 8.42 Å². The molecule has 0 saturated heterocycles. The van der Waals surface area contributed by atoms with Gasteiger partial charge in [-0.1, -0.05) is 30.3 Å². The number of nitrogens with zero attached hydrogens (tertiary/aromatic N) is 1. The first kappa shape index (κ1) is 21.3. The second kappa shape index (κ2) is 8.96. The fraction of sp³-hybridized carbons (Fsp3) is 0.136. The smallest absolute Gasteiger partial charge is 0.339 e. The molecule has 0 aliphatic carbocycles. The minimum atomic E-state index is -3.97. The number of aryl methyl sites for hydroxylation is 1. The van der Waals surface area contributed by atoms with Crippen molar-refractivity contribution >= 4 is 44.6 Å². The van der Waals surface area contributed by atoms with Gasteiger partial charge in [0.25, 0.3) is 0 Å². The van der Waals surface area contributed by atoms with Crippen molar-refractivity contribution in [1.82, 2.24) is 0 Å². The summed E-state index contributed by atoms with van der Waals surface area (Å²) < 4.78 is 36.5. The molecular weight excluding hydrogens is 501 g/mol. The average molecular weight is 521 g/mol. The van der Waals surface area contributed by atoms with Crippen molar-refractivity contribution in [2.24, 2.45) is 4.99 Å². The second-order valence-electron chi connectivity index (χ2n) is 6.36. The normalized spacial score (nSPS) is 11.6. The van der Waals surface area contributed by atoms with E-state index in [1.54, 1.807) is 36.5 Å². The Kier molecular flexibility index (Phi) is 6.59. The highest BCUT2D eigenvalue weighted by atomic mass is 127. The summed E-state index contributed by atoms with van der Waals surface area (Å²) in [5.41, 5.74) is 3.93. The Balaban J connectivity index is 1.94. The van der Waals surface area contributed by atoms with Gasteiger partial charge in [0.2, 0.25) is 0 Å². The maximum atomic E-state index is 12.6. The van der Waals surface area contributed by atoms with Crippen LogP contribution in [0.1, 0.15) is 16.7 Å². The molecule has 0 amide bonds. The third-order valence-electron chi connectivity index (χ3n) is 4.41. The summed E-state index contributed by atoms with van der Waals surface area (Å²) in [5.74, 6) is 0.472. The lowest BCUT2D eigenvalue weighted by Gasteiger charge is -2.13. The SMILES string of the molecule is COc1cc(C=Nc2cccc(C)c2C)cc(I)c1OS(=O)(=O)c1ccccc1. The Hall–Kier alpha value is -2.39. The molecule has 5 nitrogen and oxygen atoms in total. The summed E-state index contributed by atoms with van der Waals surface area (Å²) in [7, 11) is -2.49. The van der Waals surface area contributed by atoms with Gasteiger partial charge in [-0.15, -0.1) is 0 Å². The monoisotopic (exact) mass is 521 g/mol. The van der Waals surface area contributed by atoms with Crippen LogP contribution in [-0.2, 0) is 10.1 Å². The molecule has 0 atom stereocenters. The van der Waals surface area contributed by atoms with E-state index in [1.807, 2.05) is 54.6 Å². The molecule has 0 bridgehead atoms. The van der Waals surface area contributed by atoms with Crippen molar-refractivity contribution in [1.29, 1.82) is 0 Å². The molecule has 0 radical (unpaired) electrons. The van der Waals surface area contributed by atoms with Gasteiger partial charge in [0.1, 0.15) is 4.90 Å². The zero-order valence-corrected chi connectivity index (χ0v) is 19.2. The van der Waals surface area contributed by atoms with Crippen LogP contribution >= 0.6 is 22.6 Å². The van der Waals surface area contributed by atoms with Crippen molar-refractivity contribution in [3.05, 3.63) is 80.9 Å². The molecule has 0 aliphatic rings. The van der Waals surface area contributed by atoms with Crippen LogP contribution in [0.25, 0.3) is 0 Å². The molecule has 150 valence electrons. The Morgan fingerprint density at radius 2 is 1.72 bits per heavy atom. The summed E-state index contributed by atoms with van der Waals surface area (Å²) in [6.07, 6.45) is 1.72. The Bertz CT molecular complexity index is 1160. The maximum absolute atomic E-state index is 12.6. The molecule has 0 N–H and O–H groups in total. The minimum Gasteiger partial charge on any atom is -0.493 e. The highest BCUT2D eigenvalue weighted by Crippen LogP contribution is 2.36. The largest absolute Gasteiger partial charge is 0.493 e. The van der Waals surface area contributed by atoms with Crippen molar-refractivity contribution in [3.8, 4) is 11.5 Å². The highest BCUT2D eigenvalue weighted by molar-refractivity contribution is 14.1. The van der Waals surface area contributed by atoms with Crippen LogP contribution in [0.3, 0.4) is 0 Å². The third-order valence-corrected chi connectivity index (χ3v) is 6.44. The number of methoxy groups -OCH3 is 1. The number of ether oxygens (including phenoxy) is 1. The van der Waals surface area contributed by atoms with Crippen LogP contribution in [0, 0.1) is 17.4 Å². The van der Waals surface area contributed by atoms with E-state index in [4.69, 9.17) is 8.92 Å². The van der Waals surface area contributed by atoms with E-state index >= 15 is 0 Å². The molecule has 0 spiro atoms. The molecule has 0 aliphatic heterocycles. The van der Waals surface area contributed by atoms with Gasteiger partial charge in [0.05, 0.1) is 16.4 Å². The van der Waals surface area contributed by atoms with E-state index < -0.39 is 10.1 Å². The molecular formula is C22H20INO4S. The van der Waals surface area contributed by atoms with E-state index in [9.17, 15) is 8.42 Å². The summed E-state index contributed by atoms with van der Waals surface area (Å²) in [6.45, 7) is 4.07. The molecule has 0 unspecified atom stereocenters. The molecule has 7 heteroatoms. The quantitative estimate of drug-likeness (QED) is 0.247. The fourth-order valence-corrected chi connectivity index (χ4v) is 4.52. The molecule has 0 aromatic heterocycles. The molecule has 0 saturated carbocycles. The Morgan fingerprint density at radius 1 is 1.00 bits per heavy atom. The summed E-state index contributed by atoms with van der Waals surface area (Å²) in [5, 5.41) is 0. The molecule has 3 aromatic rings. The molecule has 3 rings (SSSR count). The van der Waals surface area contributed by atoms with E-state index in [0.717, 1.165) is 16.8 Å². The number of hydrogen-bond acceptors (Lipinski definition) is 5. The number of rotatable bonds is 6. The zero-order chi connectivity index (χ0) is 21.0. The molecule has 29 heavy (non-hydrogen) atoms. The summed E-state index contributed by atoms with van der Waals surface area (Å²) >= 11 is 2.03. The van der Waals surface area contributed by atoms with Crippen LogP contribution in [0.2, 0.25) is 0 Å². The third kappa shape index (κ3) is 4.97. The molecule has 3 aromatic carbocycles. The minimum absolute atomic E-state index is 0.0819. The van der Waals surface area contributed by atoms with Crippen molar-refractivity contribution in [2.45, 2.75) is 18.7 Å². The summed E-state index contributed by atoms with van der Waals surface area (Å²) in [4.78, 5) is 4.64.